The van der Waals surface area contributed by atoms with Gasteiger partial charge >= 0.3 is 0 Å². The number of aliphatic hydroxyl groups excluding tert-OH is 1. The van der Waals surface area contributed by atoms with Gasteiger partial charge in [-0.05, 0) is 40.4 Å². The van der Waals surface area contributed by atoms with E-state index < -0.39 is 5.54 Å². The third-order valence-corrected chi connectivity index (χ3v) is 3.74. The van der Waals surface area contributed by atoms with Crippen molar-refractivity contribution in [3.63, 3.8) is 0 Å². The molecule has 15 heavy (non-hydrogen) atoms. The van der Waals surface area contributed by atoms with Crippen molar-refractivity contribution in [2.75, 3.05) is 7.11 Å². The largest absolute Gasteiger partial charge is 0.496 e. The van der Waals surface area contributed by atoms with Crippen LogP contribution in [0.4, 0.5) is 0 Å². The second-order valence-corrected chi connectivity index (χ2v) is 4.83. The Labute approximate surface area is 97.4 Å². The monoisotopic (exact) mass is 271 g/mol. The Balaban J connectivity index is 2.37. The molecule has 1 saturated carbocycles. The van der Waals surface area contributed by atoms with Crippen molar-refractivity contribution in [2.24, 2.45) is 5.73 Å². The maximum atomic E-state index is 9.34. The highest BCUT2D eigenvalue weighted by molar-refractivity contribution is 9.10. The molecule has 0 aromatic heterocycles. The zero-order chi connectivity index (χ0) is 11.1. The second-order valence-electron chi connectivity index (χ2n) is 4.04. The van der Waals surface area contributed by atoms with Gasteiger partial charge in [-0.25, -0.2) is 0 Å². The molecule has 0 bridgehead atoms. The Morgan fingerprint density at radius 2 is 2.20 bits per heavy atom. The lowest BCUT2D eigenvalue weighted by Gasteiger charge is -2.43. The van der Waals surface area contributed by atoms with Gasteiger partial charge in [-0.2, -0.15) is 0 Å². The van der Waals surface area contributed by atoms with Gasteiger partial charge in [0.25, 0.3) is 0 Å². The molecule has 82 valence electrons. The molecule has 0 radical (unpaired) electrons. The van der Waals surface area contributed by atoms with Crippen molar-refractivity contribution in [1.29, 1.82) is 0 Å². The molecule has 0 aliphatic heterocycles. The van der Waals surface area contributed by atoms with Crippen molar-refractivity contribution in [3.8, 4) is 5.75 Å². The lowest BCUT2D eigenvalue weighted by atomic mass is 9.70. The SMILES string of the molecule is COc1cccc(C2(N)CC(O)C2)c1Br. The first-order chi connectivity index (χ1) is 7.07. The van der Waals surface area contributed by atoms with Crippen LogP contribution in [0.3, 0.4) is 0 Å². The smallest absolute Gasteiger partial charge is 0.133 e. The first kappa shape index (κ1) is 10.9. The van der Waals surface area contributed by atoms with E-state index in [-0.39, 0.29) is 6.10 Å². The molecule has 1 aromatic carbocycles. The number of methoxy groups -OCH3 is 1. The molecule has 3 nitrogen and oxygen atoms in total. The summed E-state index contributed by atoms with van der Waals surface area (Å²) >= 11 is 3.49. The van der Waals surface area contributed by atoms with E-state index in [4.69, 9.17) is 10.5 Å². The minimum Gasteiger partial charge on any atom is -0.496 e. The molecule has 1 aliphatic carbocycles. The number of halogens is 1. The van der Waals surface area contributed by atoms with E-state index in [1.807, 2.05) is 18.2 Å². The van der Waals surface area contributed by atoms with Gasteiger partial charge in [0, 0.05) is 5.54 Å². The maximum absolute atomic E-state index is 9.34. The number of aliphatic hydroxyl groups is 1. The number of hydrogen-bond acceptors (Lipinski definition) is 3. The van der Waals surface area contributed by atoms with Crippen molar-refractivity contribution >= 4 is 15.9 Å². The molecule has 0 spiro atoms. The summed E-state index contributed by atoms with van der Waals surface area (Å²) < 4.78 is 6.10. The minimum atomic E-state index is -0.410. The molecule has 1 aliphatic rings. The van der Waals surface area contributed by atoms with Crippen LogP contribution in [0.15, 0.2) is 22.7 Å². The van der Waals surface area contributed by atoms with Gasteiger partial charge in [-0.15, -0.1) is 0 Å². The lowest BCUT2D eigenvalue weighted by Crippen LogP contribution is -2.51. The van der Waals surface area contributed by atoms with Crippen LogP contribution >= 0.6 is 15.9 Å². The van der Waals surface area contributed by atoms with Crippen LogP contribution in [-0.2, 0) is 5.54 Å². The van der Waals surface area contributed by atoms with Gasteiger partial charge in [-0.1, -0.05) is 12.1 Å². The van der Waals surface area contributed by atoms with Gasteiger partial charge in [0.2, 0.25) is 0 Å². The summed E-state index contributed by atoms with van der Waals surface area (Å²) in [5.74, 6) is 0.777. The fourth-order valence-electron chi connectivity index (χ4n) is 2.05. The standard InChI is InChI=1S/C11H14BrNO2/c1-15-9-4-2-3-8(10(9)12)11(13)5-7(14)6-11/h2-4,7,14H,5-6,13H2,1H3. The van der Waals surface area contributed by atoms with Crippen molar-refractivity contribution in [3.05, 3.63) is 28.2 Å². The molecule has 4 heteroatoms. The predicted octanol–water partition coefficient (Wildman–Crippen LogP) is 1.77. The number of benzene rings is 1. The summed E-state index contributed by atoms with van der Waals surface area (Å²) in [6.45, 7) is 0. The van der Waals surface area contributed by atoms with E-state index in [1.54, 1.807) is 7.11 Å². The van der Waals surface area contributed by atoms with E-state index in [2.05, 4.69) is 15.9 Å². The van der Waals surface area contributed by atoms with Gasteiger partial charge in [0.05, 0.1) is 17.7 Å². The molecular formula is C11H14BrNO2. The number of nitrogens with two attached hydrogens (primary N) is 1. The summed E-state index contributed by atoms with van der Waals surface area (Å²) in [4.78, 5) is 0. The molecule has 0 unspecified atom stereocenters. The van der Waals surface area contributed by atoms with Gasteiger partial charge in [-0.3, -0.25) is 0 Å². The highest BCUT2D eigenvalue weighted by Crippen LogP contribution is 2.44. The first-order valence-corrected chi connectivity index (χ1v) is 5.66. The fraction of sp³-hybridized carbons (Fsp3) is 0.455. The number of hydrogen-bond donors (Lipinski definition) is 2. The molecule has 3 N–H and O–H groups in total. The molecule has 1 fully saturated rings. The third kappa shape index (κ3) is 1.77. The van der Waals surface area contributed by atoms with Gasteiger partial charge in [0.15, 0.2) is 0 Å². The summed E-state index contributed by atoms with van der Waals surface area (Å²) in [6.07, 6.45) is 0.950. The quantitative estimate of drug-likeness (QED) is 0.862. The van der Waals surface area contributed by atoms with Crippen molar-refractivity contribution < 1.29 is 9.84 Å². The summed E-state index contributed by atoms with van der Waals surface area (Å²) in [5, 5.41) is 9.34. The van der Waals surface area contributed by atoms with Crippen LogP contribution < -0.4 is 10.5 Å². The van der Waals surface area contributed by atoms with E-state index in [9.17, 15) is 5.11 Å². The average Bonchev–Trinajstić information content (AvgIpc) is 2.16. The highest BCUT2D eigenvalue weighted by Gasteiger charge is 2.42. The van der Waals surface area contributed by atoms with Crippen LogP contribution in [0.2, 0.25) is 0 Å². The zero-order valence-corrected chi connectivity index (χ0v) is 10.1. The molecule has 0 heterocycles. The molecule has 0 saturated heterocycles. The van der Waals surface area contributed by atoms with Gasteiger partial charge in [0.1, 0.15) is 5.75 Å². The predicted molar refractivity (Wildman–Crippen MR) is 61.8 cm³/mol. The molecule has 0 atom stereocenters. The van der Waals surface area contributed by atoms with Crippen LogP contribution in [-0.4, -0.2) is 18.3 Å². The summed E-state index contributed by atoms with van der Waals surface area (Å²) in [6, 6.07) is 5.77. The Hall–Kier alpha value is -0.580. The molecule has 2 rings (SSSR count). The van der Waals surface area contributed by atoms with Crippen LogP contribution in [0.5, 0.6) is 5.75 Å². The number of rotatable bonds is 2. The lowest BCUT2D eigenvalue weighted by molar-refractivity contribution is 0.0205. The minimum absolute atomic E-state index is 0.270. The van der Waals surface area contributed by atoms with E-state index >= 15 is 0 Å². The summed E-state index contributed by atoms with van der Waals surface area (Å²) in [5.41, 5.74) is 6.79. The van der Waals surface area contributed by atoms with E-state index in [0.717, 1.165) is 15.8 Å². The van der Waals surface area contributed by atoms with E-state index in [1.165, 1.54) is 0 Å². The maximum Gasteiger partial charge on any atom is 0.133 e. The topological polar surface area (TPSA) is 55.5 Å². The summed E-state index contributed by atoms with van der Waals surface area (Å²) in [7, 11) is 1.63. The van der Waals surface area contributed by atoms with Crippen LogP contribution in [0.1, 0.15) is 18.4 Å². The third-order valence-electron chi connectivity index (χ3n) is 2.92. The van der Waals surface area contributed by atoms with Crippen LogP contribution in [0.25, 0.3) is 0 Å². The van der Waals surface area contributed by atoms with Crippen molar-refractivity contribution in [2.45, 2.75) is 24.5 Å². The Bertz CT molecular complexity index is 375. The Morgan fingerprint density at radius 3 is 2.73 bits per heavy atom. The molecular weight excluding hydrogens is 258 g/mol. The normalized spacial score (nSPS) is 29.7. The molecule has 0 amide bonds. The highest BCUT2D eigenvalue weighted by atomic mass is 79.9. The zero-order valence-electron chi connectivity index (χ0n) is 8.53. The second kappa shape index (κ2) is 3.77. The molecule has 1 aromatic rings. The van der Waals surface area contributed by atoms with E-state index in [0.29, 0.717) is 12.8 Å². The van der Waals surface area contributed by atoms with Crippen LogP contribution in [0, 0.1) is 0 Å². The van der Waals surface area contributed by atoms with Crippen molar-refractivity contribution in [1.82, 2.24) is 0 Å². The average molecular weight is 272 g/mol. The Morgan fingerprint density at radius 1 is 1.53 bits per heavy atom. The fourth-order valence-corrected chi connectivity index (χ4v) is 2.88. The first-order valence-electron chi connectivity index (χ1n) is 4.87. The Kier molecular flexibility index (Phi) is 2.75. The van der Waals surface area contributed by atoms with Gasteiger partial charge < -0.3 is 15.6 Å². The number of ether oxygens (including phenoxy) is 1.